The molecule has 0 saturated carbocycles. The molecule has 0 unspecified atom stereocenters. The molecule has 2 rings (SSSR count). The molecule has 0 bridgehead atoms. The van der Waals surface area contributed by atoms with Gasteiger partial charge in [-0.25, -0.2) is 0 Å². The maximum atomic E-state index is 13.1. The van der Waals surface area contributed by atoms with Crippen molar-refractivity contribution >= 4 is 5.91 Å². The Morgan fingerprint density at radius 1 is 1.11 bits per heavy atom. The van der Waals surface area contributed by atoms with Gasteiger partial charge in [0, 0.05) is 37.4 Å². The average Bonchev–Trinajstić information content (AvgIpc) is 2.86. The van der Waals surface area contributed by atoms with Crippen LogP contribution in [0.25, 0.3) is 0 Å². The molecule has 5 nitrogen and oxygen atoms in total. The maximum Gasteiger partial charge on any atom is 0.227 e. The Hall–Kier alpha value is -2.14. The van der Waals surface area contributed by atoms with Crippen molar-refractivity contribution in [2.24, 2.45) is 5.92 Å². The van der Waals surface area contributed by atoms with Gasteiger partial charge < -0.3 is 9.80 Å². The second-order valence-corrected chi connectivity index (χ2v) is 8.01. The largest absolute Gasteiger partial charge is 0.337 e. The predicted molar refractivity (Wildman–Crippen MR) is 111 cm³/mol. The van der Waals surface area contributed by atoms with Crippen LogP contribution >= 0.6 is 0 Å². The van der Waals surface area contributed by atoms with Crippen molar-refractivity contribution in [3.05, 3.63) is 52.8 Å². The third-order valence-electron chi connectivity index (χ3n) is 4.78. The van der Waals surface area contributed by atoms with E-state index in [2.05, 4.69) is 42.9 Å². The minimum atomic E-state index is 0.163. The summed E-state index contributed by atoms with van der Waals surface area (Å²) < 4.78 is 2.05. The molecule has 1 amide bonds. The van der Waals surface area contributed by atoms with Gasteiger partial charge in [-0.05, 0) is 39.4 Å². The number of hydrogen-bond donors (Lipinski definition) is 0. The Bertz CT molecular complexity index is 734. The number of aryl methyl sites for hydroxylation is 1. The Morgan fingerprint density at radius 2 is 1.78 bits per heavy atom. The lowest BCUT2D eigenvalue weighted by molar-refractivity contribution is -0.131. The van der Waals surface area contributed by atoms with E-state index in [0.29, 0.717) is 18.9 Å². The second kappa shape index (κ2) is 9.70. The van der Waals surface area contributed by atoms with E-state index in [1.54, 1.807) is 0 Å². The minimum absolute atomic E-state index is 0.163. The topological polar surface area (TPSA) is 41.4 Å². The van der Waals surface area contributed by atoms with Crippen LogP contribution in [0, 0.1) is 19.8 Å². The van der Waals surface area contributed by atoms with Gasteiger partial charge in [0.2, 0.25) is 5.91 Å². The molecule has 0 atom stereocenters. The average molecular weight is 371 g/mol. The standard InChI is InChI=1S/C22H34N4O/c1-17(2)15-26-19(4)21(18(3)23-26)14-22(27)25(13-12-24(5)6)16-20-10-8-7-9-11-20/h7-11,17H,12-16H2,1-6H3. The van der Waals surface area contributed by atoms with Crippen LogP contribution in [0.4, 0.5) is 0 Å². The number of rotatable bonds is 9. The smallest absolute Gasteiger partial charge is 0.227 e. The van der Waals surface area contributed by atoms with Crippen LogP contribution in [-0.2, 0) is 24.3 Å². The van der Waals surface area contributed by atoms with Gasteiger partial charge in [0.05, 0.1) is 12.1 Å². The summed E-state index contributed by atoms with van der Waals surface area (Å²) in [6.45, 7) is 11.6. The maximum absolute atomic E-state index is 13.1. The molecule has 0 saturated heterocycles. The van der Waals surface area contributed by atoms with E-state index in [9.17, 15) is 4.79 Å². The number of likely N-dealkylation sites (N-methyl/N-ethyl adjacent to an activating group) is 1. The van der Waals surface area contributed by atoms with E-state index in [-0.39, 0.29) is 5.91 Å². The van der Waals surface area contributed by atoms with Crippen LogP contribution < -0.4 is 0 Å². The van der Waals surface area contributed by atoms with Gasteiger partial charge in [0.25, 0.3) is 0 Å². The molecule has 0 N–H and O–H groups in total. The fourth-order valence-corrected chi connectivity index (χ4v) is 3.19. The third kappa shape index (κ3) is 6.21. The molecule has 1 aromatic heterocycles. The first kappa shape index (κ1) is 21.2. The molecule has 1 heterocycles. The van der Waals surface area contributed by atoms with Crippen molar-refractivity contribution in [3.63, 3.8) is 0 Å². The number of carbonyl (C=O) groups excluding carboxylic acids is 1. The third-order valence-corrected chi connectivity index (χ3v) is 4.78. The summed E-state index contributed by atoms with van der Waals surface area (Å²) >= 11 is 0. The van der Waals surface area contributed by atoms with E-state index in [1.807, 2.05) is 48.8 Å². The molecule has 0 aliphatic heterocycles. The zero-order chi connectivity index (χ0) is 20.0. The molecule has 0 spiro atoms. The summed E-state index contributed by atoms with van der Waals surface area (Å²) in [6, 6.07) is 10.2. The Balaban J connectivity index is 2.16. The van der Waals surface area contributed by atoms with Crippen molar-refractivity contribution < 1.29 is 4.79 Å². The summed E-state index contributed by atoms with van der Waals surface area (Å²) in [6.07, 6.45) is 0.413. The van der Waals surface area contributed by atoms with Crippen LogP contribution in [0.5, 0.6) is 0 Å². The van der Waals surface area contributed by atoms with Crippen molar-refractivity contribution in [1.82, 2.24) is 19.6 Å². The molecule has 5 heteroatoms. The SMILES string of the molecule is Cc1nn(CC(C)C)c(C)c1CC(=O)N(CCN(C)C)Cc1ccccc1. The number of aromatic nitrogens is 2. The summed E-state index contributed by atoms with van der Waals surface area (Å²) in [4.78, 5) is 17.2. The van der Waals surface area contributed by atoms with E-state index in [1.165, 1.54) is 0 Å². The highest BCUT2D eigenvalue weighted by molar-refractivity contribution is 5.79. The lowest BCUT2D eigenvalue weighted by atomic mass is 10.1. The molecule has 0 fully saturated rings. The molecule has 148 valence electrons. The van der Waals surface area contributed by atoms with Gasteiger partial charge in [-0.15, -0.1) is 0 Å². The fraction of sp³-hybridized carbons (Fsp3) is 0.545. The zero-order valence-electron chi connectivity index (χ0n) is 17.7. The highest BCUT2D eigenvalue weighted by Gasteiger charge is 2.20. The van der Waals surface area contributed by atoms with Gasteiger partial charge in [0.15, 0.2) is 0 Å². The Kier molecular flexibility index (Phi) is 7.60. The Labute approximate surface area is 164 Å². The second-order valence-electron chi connectivity index (χ2n) is 8.01. The number of hydrogen-bond acceptors (Lipinski definition) is 3. The molecule has 2 aromatic rings. The van der Waals surface area contributed by atoms with Gasteiger partial charge in [0.1, 0.15) is 0 Å². The minimum Gasteiger partial charge on any atom is -0.337 e. The number of benzene rings is 1. The molecule has 27 heavy (non-hydrogen) atoms. The van der Waals surface area contributed by atoms with Gasteiger partial charge >= 0.3 is 0 Å². The molecule has 1 aromatic carbocycles. The summed E-state index contributed by atoms with van der Waals surface area (Å²) in [5.41, 5.74) is 4.31. The highest BCUT2D eigenvalue weighted by atomic mass is 16.2. The number of amides is 1. The number of nitrogens with zero attached hydrogens (tertiary/aromatic N) is 4. The van der Waals surface area contributed by atoms with E-state index in [4.69, 9.17) is 0 Å². The molecule has 0 radical (unpaired) electrons. The molecular formula is C22H34N4O. The van der Waals surface area contributed by atoms with Gasteiger partial charge in [-0.3, -0.25) is 9.48 Å². The first-order valence-corrected chi connectivity index (χ1v) is 9.77. The first-order chi connectivity index (χ1) is 12.8. The van der Waals surface area contributed by atoms with Crippen LogP contribution in [-0.4, -0.2) is 52.7 Å². The van der Waals surface area contributed by atoms with E-state index in [0.717, 1.165) is 42.1 Å². The molecular weight excluding hydrogens is 336 g/mol. The lowest BCUT2D eigenvalue weighted by Crippen LogP contribution is -2.37. The summed E-state index contributed by atoms with van der Waals surface area (Å²) in [7, 11) is 4.07. The van der Waals surface area contributed by atoms with E-state index >= 15 is 0 Å². The van der Waals surface area contributed by atoms with Crippen molar-refractivity contribution in [1.29, 1.82) is 0 Å². The van der Waals surface area contributed by atoms with Crippen LogP contribution in [0.2, 0.25) is 0 Å². The summed E-state index contributed by atoms with van der Waals surface area (Å²) in [5, 5.41) is 4.66. The van der Waals surface area contributed by atoms with Crippen molar-refractivity contribution in [2.45, 2.75) is 47.2 Å². The van der Waals surface area contributed by atoms with Crippen LogP contribution in [0.1, 0.15) is 36.4 Å². The zero-order valence-corrected chi connectivity index (χ0v) is 17.7. The monoisotopic (exact) mass is 370 g/mol. The van der Waals surface area contributed by atoms with Crippen LogP contribution in [0.15, 0.2) is 30.3 Å². The van der Waals surface area contributed by atoms with Crippen molar-refractivity contribution in [3.8, 4) is 0 Å². The Morgan fingerprint density at radius 3 is 2.37 bits per heavy atom. The van der Waals surface area contributed by atoms with Gasteiger partial charge in [-0.1, -0.05) is 44.2 Å². The summed E-state index contributed by atoms with van der Waals surface area (Å²) in [5.74, 6) is 0.692. The quantitative estimate of drug-likeness (QED) is 0.680. The predicted octanol–water partition coefficient (Wildman–Crippen LogP) is 3.29. The van der Waals surface area contributed by atoms with Gasteiger partial charge in [-0.2, -0.15) is 5.10 Å². The fourth-order valence-electron chi connectivity index (χ4n) is 3.19. The molecule has 0 aliphatic rings. The lowest BCUT2D eigenvalue weighted by Gasteiger charge is -2.25. The van der Waals surface area contributed by atoms with E-state index < -0.39 is 0 Å². The van der Waals surface area contributed by atoms with Crippen molar-refractivity contribution in [2.75, 3.05) is 27.2 Å². The highest BCUT2D eigenvalue weighted by Crippen LogP contribution is 2.17. The molecule has 0 aliphatic carbocycles. The van der Waals surface area contributed by atoms with Crippen LogP contribution in [0.3, 0.4) is 0 Å². The normalized spacial score (nSPS) is 11.4. The first-order valence-electron chi connectivity index (χ1n) is 9.77. The number of carbonyl (C=O) groups is 1.